The van der Waals surface area contributed by atoms with Gasteiger partial charge in [0.05, 0.1) is 5.69 Å². The highest BCUT2D eigenvalue weighted by molar-refractivity contribution is 5.85. The zero-order valence-electron chi connectivity index (χ0n) is 10.2. The monoisotopic (exact) mass is 229 g/mol. The molecule has 0 atom stereocenters. The van der Waals surface area contributed by atoms with E-state index in [1.54, 1.807) is 12.3 Å². The maximum atomic E-state index is 10.9. The highest BCUT2D eigenvalue weighted by Gasteiger charge is 2.19. The molecule has 2 rings (SSSR count). The van der Waals surface area contributed by atoms with Crippen LogP contribution in [0.2, 0.25) is 0 Å². The molecule has 17 heavy (non-hydrogen) atoms. The molecule has 0 spiro atoms. The van der Waals surface area contributed by atoms with Gasteiger partial charge in [-0.25, -0.2) is 4.98 Å². The molecule has 0 radical (unpaired) electrons. The van der Waals surface area contributed by atoms with Gasteiger partial charge >= 0.3 is 0 Å². The summed E-state index contributed by atoms with van der Waals surface area (Å²) in [7, 11) is 0. The van der Waals surface area contributed by atoms with Crippen molar-refractivity contribution in [3.63, 3.8) is 0 Å². The molecule has 0 bridgehead atoms. The second-order valence-corrected chi connectivity index (χ2v) is 4.99. The van der Waals surface area contributed by atoms with E-state index in [9.17, 15) is 4.79 Å². The quantitative estimate of drug-likeness (QED) is 0.741. The minimum absolute atomic E-state index is 0.0577. The first-order chi connectivity index (χ1) is 8.02. The average Bonchev–Trinajstić information content (AvgIpc) is 2.77. The molecule has 3 heteroatoms. The molecular formula is C14H15NO2. The summed E-state index contributed by atoms with van der Waals surface area (Å²) in [6, 6.07) is 7.27. The van der Waals surface area contributed by atoms with Gasteiger partial charge in [0.2, 0.25) is 5.89 Å². The van der Waals surface area contributed by atoms with Gasteiger partial charge in [0.1, 0.15) is 6.26 Å². The van der Waals surface area contributed by atoms with Crippen LogP contribution in [-0.4, -0.2) is 11.3 Å². The van der Waals surface area contributed by atoms with Gasteiger partial charge in [0, 0.05) is 16.5 Å². The zero-order valence-corrected chi connectivity index (χ0v) is 10.2. The lowest BCUT2D eigenvalue weighted by atomic mass is 9.93. The lowest BCUT2D eigenvalue weighted by Crippen LogP contribution is -2.11. The van der Waals surface area contributed by atoms with E-state index in [-0.39, 0.29) is 5.41 Å². The molecule has 0 fully saturated rings. The van der Waals surface area contributed by atoms with Crippen LogP contribution in [0.25, 0.3) is 11.5 Å². The molecule has 1 aromatic carbocycles. The van der Waals surface area contributed by atoms with E-state index in [1.165, 1.54) is 0 Å². The van der Waals surface area contributed by atoms with Crippen LogP contribution in [0.5, 0.6) is 0 Å². The van der Waals surface area contributed by atoms with Gasteiger partial charge in [-0.15, -0.1) is 0 Å². The topological polar surface area (TPSA) is 43.1 Å². The third-order valence-electron chi connectivity index (χ3n) is 2.59. The van der Waals surface area contributed by atoms with Gasteiger partial charge in [-0.2, -0.15) is 0 Å². The van der Waals surface area contributed by atoms with Gasteiger partial charge < -0.3 is 4.42 Å². The van der Waals surface area contributed by atoms with E-state index < -0.39 is 0 Å². The fraction of sp³-hybridized carbons (Fsp3) is 0.286. The number of hydrogen-bond acceptors (Lipinski definition) is 3. The van der Waals surface area contributed by atoms with Crippen LogP contribution in [0.4, 0.5) is 0 Å². The van der Waals surface area contributed by atoms with Crippen LogP contribution in [0, 0.1) is 0 Å². The summed E-state index contributed by atoms with van der Waals surface area (Å²) in [5.74, 6) is 0.498. The molecule has 0 aliphatic carbocycles. The lowest BCUT2D eigenvalue weighted by molar-refractivity contribution is 0.112. The Balaban J connectivity index is 2.47. The molecule has 0 N–H and O–H groups in total. The number of carbonyl (C=O) groups excluding carboxylic acids is 1. The van der Waals surface area contributed by atoms with Crippen molar-refractivity contribution in [1.82, 2.24) is 4.98 Å². The number of benzene rings is 1. The molecule has 0 unspecified atom stereocenters. The van der Waals surface area contributed by atoms with Crippen LogP contribution in [-0.2, 0) is 5.41 Å². The van der Waals surface area contributed by atoms with Crippen LogP contribution < -0.4 is 0 Å². The largest absolute Gasteiger partial charge is 0.444 e. The minimum Gasteiger partial charge on any atom is -0.444 e. The van der Waals surface area contributed by atoms with Crippen molar-refractivity contribution in [2.24, 2.45) is 0 Å². The summed E-state index contributed by atoms with van der Waals surface area (Å²) in [6.07, 6.45) is 2.47. The highest BCUT2D eigenvalue weighted by atomic mass is 16.3. The summed E-state index contributed by atoms with van der Waals surface area (Å²) in [6.45, 7) is 6.21. The first-order valence-electron chi connectivity index (χ1n) is 5.53. The van der Waals surface area contributed by atoms with E-state index in [0.29, 0.717) is 11.5 Å². The van der Waals surface area contributed by atoms with Gasteiger partial charge in [-0.1, -0.05) is 39.0 Å². The van der Waals surface area contributed by atoms with Crippen LogP contribution >= 0.6 is 0 Å². The Morgan fingerprint density at radius 1 is 1.24 bits per heavy atom. The van der Waals surface area contributed by atoms with Gasteiger partial charge in [0.15, 0.2) is 6.29 Å². The second kappa shape index (κ2) is 4.17. The fourth-order valence-electron chi connectivity index (χ4n) is 1.54. The van der Waals surface area contributed by atoms with Crippen LogP contribution in [0.15, 0.2) is 34.9 Å². The Labute approximate surface area is 100 Å². The Morgan fingerprint density at radius 3 is 2.53 bits per heavy atom. The molecule has 3 nitrogen and oxygen atoms in total. The number of aromatic nitrogens is 1. The van der Waals surface area contributed by atoms with Crippen molar-refractivity contribution in [3.8, 4) is 11.5 Å². The van der Waals surface area contributed by atoms with Crippen LogP contribution in [0.3, 0.4) is 0 Å². The Kier molecular flexibility index (Phi) is 2.84. The third kappa shape index (κ3) is 2.28. The number of aldehydes is 1. The van der Waals surface area contributed by atoms with Gasteiger partial charge in [0.25, 0.3) is 0 Å². The summed E-state index contributed by atoms with van der Waals surface area (Å²) in [5.41, 5.74) is 2.15. The van der Waals surface area contributed by atoms with Crippen molar-refractivity contribution < 1.29 is 9.21 Å². The number of nitrogens with zero attached hydrogens (tertiary/aromatic N) is 1. The van der Waals surface area contributed by atoms with E-state index in [4.69, 9.17) is 4.42 Å². The van der Waals surface area contributed by atoms with E-state index in [1.807, 2.05) is 18.2 Å². The minimum atomic E-state index is -0.0577. The van der Waals surface area contributed by atoms with Crippen molar-refractivity contribution >= 4 is 6.29 Å². The van der Waals surface area contributed by atoms with E-state index in [0.717, 1.165) is 17.5 Å². The molecule has 0 aliphatic rings. The smallest absolute Gasteiger partial charge is 0.226 e. The molecule has 0 saturated carbocycles. The molecule has 1 heterocycles. The highest BCUT2D eigenvalue weighted by Crippen LogP contribution is 2.27. The Morgan fingerprint density at radius 2 is 1.94 bits per heavy atom. The van der Waals surface area contributed by atoms with E-state index >= 15 is 0 Å². The van der Waals surface area contributed by atoms with Crippen LogP contribution in [0.1, 0.15) is 36.8 Å². The molecule has 0 saturated heterocycles. The molecule has 88 valence electrons. The summed E-state index contributed by atoms with van der Waals surface area (Å²) < 4.78 is 5.45. The van der Waals surface area contributed by atoms with Crippen molar-refractivity contribution in [2.75, 3.05) is 0 Å². The van der Waals surface area contributed by atoms with Gasteiger partial charge in [-0.3, -0.25) is 4.79 Å². The lowest BCUT2D eigenvalue weighted by Gasteiger charge is -2.13. The standard InChI is InChI=1S/C14H15NO2/c1-14(2,3)12-9-17-13(15-12)11-7-5-4-6-10(11)8-16/h4-9H,1-3H3. The zero-order chi connectivity index (χ0) is 12.5. The maximum absolute atomic E-state index is 10.9. The normalized spacial score (nSPS) is 11.5. The summed E-state index contributed by atoms with van der Waals surface area (Å²) in [5, 5.41) is 0. The number of hydrogen-bond donors (Lipinski definition) is 0. The molecule has 0 aliphatic heterocycles. The molecule has 0 amide bonds. The number of carbonyl (C=O) groups is 1. The predicted molar refractivity (Wildman–Crippen MR) is 66.0 cm³/mol. The fourth-order valence-corrected chi connectivity index (χ4v) is 1.54. The maximum Gasteiger partial charge on any atom is 0.226 e. The predicted octanol–water partition coefficient (Wildman–Crippen LogP) is 3.45. The third-order valence-corrected chi connectivity index (χ3v) is 2.59. The molecule has 2 aromatic rings. The molecule has 1 aromatic heterocycles. The first kappa shape index (κ1) is 11.6. The SMILES string of the molecule is CC(C)(C)c1coc(-c2ccccc2C=O)n1. The van der Waals surface area contributed by atoms with Crippen molar-refractivity contribution in [1.29, 1.82) is 0 Å². The number of rotatable bonds is 2. The Bertz CT molecular complexity index is 535. The number of oxazole rings is 1. The average molecular weight is 229 g/mol. The Hall–Kier alpha value is -1.90. The second-order valence-electron chi connectivity index (χ2n) is 4.99. The summed E-state index contributed by atoms with van der Waals surface area (Å²) >= 11 is 0. The first-order valence-corrected chi connectivity index (χ1v) is 5.53. The van der Waals surface area contributed by atoms with E-state index in [2.05, 4.69) is 25.8 Å². The molecular weight excluding hydrogens is 214 g/mol. The van der Waals surface area contributed by atoms with Crippen molar-refractivity contribution in [3.05, 3.63) is 41.8 Å². The summed E-state index contributed by atoms with van der Waals surface area (Å²) in [4.78, 5) is 15.4. The van der Waals surface area contributed by atoms with Gasteiger partial charge in [-0.05, 0) is 6.07 Å². The van der Waals surface area contributed by atoms with Crippen molar-refractivity contribution in [2.45, 2.75) is 26.2 Å².